The van der Waals surface area contributed by atoms with Gasteiger partial charge in [0.15, 0.2) is 0 Å². The highest BCUT2D eigenvalue weighted by Gasteiger charge is 2.19. The van der Waals surface area contributed by atoms with Gasteiger partial charge in [-0.05, 0) is 17.7 Å². The molecular weight excluding hydrogens is 228 g/mol. The summed E-state index contributed by atoms with van der Waals surface area (Å²) in [6.07, 6.45) is 0. The minimum absolute atomic E-state index is 0. The van der Waals surface area contributed by atoms with E-state index in [0.717, 1.165) is 11.3 Å². The molecule has 5 heteroatoms. The minimum atomic E-state index is 0. The number of nitrogens with two attached hydrogens (primary N) is 1. The van der Waals surface area contributed by atoms with Crippen molar-refractivity contribution in [3.8, 4) is 0 Å². The Balaban J connectivity index is 0.00000128. The van der Waals surface area contributed by atoms with Gasteiger partial charge in [0.1, 0.15) is 6.61 Å². The molecule has 1 amide bonds. The van der Waals surface area contributed by atoms with Gasteiger partial charge >= 0.3 is 0 Å². The molecule has 1 heterocycles. The van der Waals surface area contributed by atoms with E-state index in [9.17, 15) is 4.79 Å². The maximum Gasteiger partial charge on any atom is 0.253 e. The number of nitrogens with zero attached hydrogens (tertiary/aromatic N) is 1. The number of rotatable bonds is 2. The van der Waals surface area contributed by atoms with Gasteiger partial charge in [-0.2, -0.15) is 0 Å². The Morgan fingerprint density at radius 1 is 1.44 bits per heavy atom. The van der Waals surface area contributed by atoms with E-state index in [-0.39, 0.29) is 24.9 Å². The summed E-state index contributed by atoms with van der Waals surface area (Å²) in [5.41, 5.74) is 7.50. The van der Waals surface area contributed by atoms with Crippen molar-refractivity contribution in [2.24, 2.45) is 5.73 Å². The zero-order valence-electron chi connectivity index (χ0n) is 8.89. The predicted octanol–water partition coefficient (Wildman–Crippen LogP) is 0.930. The molecule has 0 radical (unpaired) electrons. The van der Waals surface area contributed by atoms with E-state index in [4.69, 9.17) is 10.5 Å². The molecule has 16 heavy (non-hydrogen) atoms. The lowest BCUT2D eigenvalue weighted by molar-refractivity contribution is -0.125. The van der Waals surface area contributed by atoms with Gasteiger partial charge in [-0.25, -0.2) is 0 Å². The number of hydrogen-bond acceptors (Lipinski definition) is 3. The van der Waals surface area contributed by atoms with Crippen LogP contribution in [0.25, 0.3) is 0 Å². The number of benzene rings is 1. The van der Waals surface area contributed by atoms with Gasteiger partial charge in [0.25, 0.3) is 5.91 Å². The Kier molecular flexibility index (Phi) is 4.73. The van der Waals surface area contributed by atoms with Gasteiger partial charge in [-0.3, -0.25) is 4.79 Å². The highest BCUT2D eigenvalue weighted by atomic mass is 35.5. The fourth-order valence-electron chi connectivity index (χ4n) is 1.64. The van der Waals surface area contributed by atoms with Crippen LogP contribution in [-0.2, 0) is 16.1 Å². The first-order chi connectivity index (χ1) is 7.31. The van der Waals surface area contributed by atoms with Gasteiger partial charge < -0.3 is 15.4 Å². The molecule has 0 atom stereocenters. The van der Waals surface area contributed by atoms with E-state index >= 15 is 0 Å². The predicted molar refractivity (Wildman–Crippen MR) is 64.8 cm³/mol. The maximum absolute atomic E-state index is 11.6. The number of halogens is 1. The second kappa shape index (κ2) is 5.84. The topological polar surface area (TPSA) is 55.6 Å². The maximum atomic E-state index is 11.6. The van der Waals surface area contributed by atoms with Crippen molar-refractivity contribution < 1.29 is 9.53 Å². The molecule has 0 aromatic heterocycles. The van der Waals surface area contributed by atoms with Crippen molar-refractivity contribution >= 4 is 24.0 Å². The van der Waals surface area contributed by atoms with Crippen molar-refractivity contribution in [3.63, 3.8) is 0 Å². The molecule has 1 aromatic rings. The van der Waals surface area contributed by atoms with Crippen molar-refractivity contribution in [1.29, 1.82) is 0 Å². The normalized spacial score (nSPS) is 15.8. The molecule has 88 valence electrons. The molecule has 0 unspecified atom stereocenters. The fourth-order valence-corrected chi connectivity index (χ4v) is 1.64. The zero-order valence-corrected chi connectivity index (χ0v) is 9.70. The van der Waals surface area contributed by atoms with E-state index in [0.29, 0.717) is 19.7 Å². The molecule has 1 aliphatic heterocycles. The molecule has 1 aliphatic rings. The molecule has 2 N–H and O–H groups in total. The highest BCUT2D eigenvalue weighted by Crippen LogP contribution is 2.17. The standard InChI is InChI=1S/C11H14N2O2.ClH/c12-7-9-2-1-3-10(6-9)13-4-5-15-8-11(13)14;/h1-3,6H,4-5,7-8,12H2;1H. The Morgan fingerprint density at radius 3 is 2.94 bits per heavy atom. The number of ether oxygens (including phenoxy) is 1. The Hall–Kier alpha value is -1.10. The Bertz CT molecular complexity index is 371. The average Bonchev–Trinajstić information content (AvgIpc) is 2.30. The molecular formula is C11H15ClN2O2. The first-order valence-electron chi connectivity index (χ1n) is 4.98. The number of anilines is 1. The number of carbonyl (C=O) groups is 1. The Labute approximate surface area is 101 Å². The summed E-state index contributed by atoms with van der Waals surface area (Å²) in [7, 11) is 0. The highest BCUT2D eigenvalue weighted by molar-refractivity contribution is 5.94. The van der Waals surface area contributed by atoms with Crippen LogP contribution in [0.1, 0.15) is 5.56 Å². The smallest absolute Gasteiger partial charge is 0.253 e. The van der Waals surface area contributed by atoms with Crippen LogP contribution in [0.5, 0.6) is 0 Å². The third-order valence-corrected chi connectivity index (χ3v) is 2.44. The summed E-state index contributed by atoms with van der Waals surface area (Å²) < 4.78 is 5.07. The van der Waals surface area contributed by atoms with Crippen LogP contribution in [0.2, 0.25) is 0 Å². The van der Waals surface area contributed by atoms with Crippen LogP contribution in [0, 0.1) is 0 Å². The summed E-state index contributed by atoms with van der Waals surface area (Å²) in [5.74, 6) is 0.00965. The van der Waals surface area contributed by atoms with Gasteiger partial charge in [-0.1, -0.05) is 12.1 Å². The lowest BCUT2D eigenvalue weighted by Crippen LogP contribution is -2.41. The van der Waals surface area contributed by atoms with Crippen molar-refractivity contribution in [3.05, 3.63) is 29.8 Å². The molecule has 0 aliphatic carbocycles. The average molecular weight is 243 g/mol. The minimum Gasteiger partial charge on any atom is -0.370 e. The molecule has 0 saturated carbocycles. The lowest BCUT2D eigenvalue weighted by Gasteiger charge is -2.27. The molecule has 0 bridgehead atoms. The van der Waals surface area contributed by atoms with Crippen LogP contribution in [-0.4, -0.2) is 25.7 Å². The van der Waals surface area contributed by atoms with E-state index in [1.54, 1.807) is 4.90 Å². The first kappa shape index (κ1) is 13.0. The number of carbonyl (C=O) groups excluding carboxylic acids is 1. The second-order valence-corrected chi connectivity index (χ2v) is 3.47. The first-order valence-corrected chi connectivity index (χ1v) is 4.98. The second-order valence-electron chi connectivity index (χ2n) is 3.47. The molecule has 2 rings (SSSR count). The van der Waals surface area contributed by atoms with Gasteiger partial charge in [0.05, 0.1) is 6.61 Å². The number of hydrogen-bond donors (Lipinski definition) is 1. The van der Waals surface area contributed by atoms with E-state index in [2.05, 4.69) is 0 Å². The fraction of sp³-hybridized carbons (Fsp3) is 0.364. The Morgan fingerprint density at radius 2 is 2.25 bits per heavy atom. The van der Waals surface area contributed by atoms with Crippen LogP contribution < -0.4 is 10.6 Å². The summed E-state index contributed by atoms with van der Waals surface area (Å²) in [6, 6.07) is 7.74. The largest absolute Gasteiger partial charge is 0.370 e. The number of amides is 1. The van der Waals surface area contributed by atoms with E-state index in [1.165, 1.54) is 0 Å². The molecule has 0 spiro atoms. The van der Waals surface area contributed by atoms with Crippen molar-refractivity contribution in [2.45, 2.75) is 6.54 Å². The SMILES string of the molecule is Cl.NCc1cccc(N2CCOCC2=O)c1. The van der Waals surface area contributed by atoms with Crippen molar-refractivity contribution in [1.82, 2.24) is 0 Å². The quantitative estimate of drug-likeness (QED) is 0.840. The van der Waals surface area contributed by atoms with Gasteiger partial charge in [0, 0.05) is 18.8 Å². The van der Waals surface area contributed by atoms with Gasteiger partial charge in [-0.15, -0.1) is 12.4 Å². The zero-order chi connectivity index (χ0) is 10.7. The van der Waals surface area contributed by atoms with Crippen LogP contribution in [0.15, 0.2) is 24.3 Å². The molecule has 4 nitrogen and oxygen atoms in total. The molecule has 1 saturated heterocycles. The number of morpholine rings is 1. The summed E-state index contributed by atoms with van der Waals surface area (Å²) in [4.78, 5) is 13.3. The van der Waals surface area contributed by atoms with Crippen LogP contribution in [0.4, 0.5) is 5.69 Å². The van der Waals surface area contributed by atoms with Crippen LogP contribution >= 0.6 is 12.4 Å². The third kappa shape index (κ3) is 2.72. The monoisotopic (exact) mass is 242 g/mol. The van der Waals surface area contributed by atoms with Crippen LogP contribution in [0.3, 0.4) is 0 Å². The third-order valence-electron chi connectivity index (χ3n) is 2.44. The van der Waals surface area contributed by atoms with Gasteiger partial charge in [0.2, 0.25) is 0 Å². The molecule has 1 fully saturated rings. The van der Waals surface area contributed by atoms with E-state index in [1.807, 2.05) is 24.3 Å². The summed E-state index contributed by atoms with van der Waals surface area (Å²) in [5, 5.41) is 0. The lowest BCUT2D eigenvalue weighted by atomic mass is 10.2. The summed E-state index contributed by atoms with van der Waals surface area (Å²) >= 11 is 0. The summed E-state index contributed by atoms with van der Waals surface area (Å²) in [6.45, 7) is 1.88. The van der Waals surface area contributed by atoms with Crippen molar-refractivity contribution in [2.75, 3.05) is 24.7 Å². The van der Waals surface area contributed by atoms with E-state index < -0.39 is 0 Å². The molecule has 1 aromatic carbocycles.